The van der Waals surface area contributed by atoms with Crippen molar-refractivity contribution in [2.45, 2.75) is 77.0 Å². The highest BCUT2D eigenvalue weighted by molar-refractivity contribution is 6.19. The van der Waals surface area contributed by atoms with E-state index in [1.54, 1.807) is 0 Å². The smallest absolute Gasteiger partial charge is 0.260 e. The predicted molar refractivity (Wildman–Crippen MR) is 126 cm³/mol. The second kappa shape index (κ2) is 4.98. The summed E-state index contributed by atoms with van der Waals surface area (Å²) in [5.41, 5.74) is 5.34. The molecule has 4 nitrogen and oxygen atoms in total. The monoisotopic (exact) mass is 456 g/mol. The first kappa shape index (κ1) is 18.7. The Labute approximate surface area is 202 Å². The van der Waals surface area contributed by atoms with Gasteiger partial charge in [0.25, 0.3) is 11.8 Å². The second-order valence-corrected chi connectivity index (χ2v) is 15.2. The van der Waals surface area contributed by atoms with E-state index in [0.717, 1.165) is 46.7 Å². The quantitative estimate of drug-likeness (QED) is 0.595. The molecule has 10 unspecified atom stereocenters. The molecule has 0 saturated heterocycles. The van der Waals surface area contributed by atoms with E-state index in [-0.39, 0.29) is 22.6 Å². The van der Waals surface area contributed by atoms with Gasteiger partial charge in [-0.1, -0.05) is 0 Å². The van der Waals surface area contributed by atoms with Crippen LogP contribution in [0.25, 0.3) is 0 Å². The van der Waals surface area contributed by atoms with Crippen LogP contribution in [0.3, 0.4) is 0 Å². The Bertz CT molecular complexity index is 1130. The maximum Gasteiger partial charge on any atom is 0.260 e. The molecule has 10 aliphatic rings. The van der Waals surface area contributed by atoms with Gasteiger partial charge in [0.05, 0.1) is 11.1 Å². The van der Waals surface area contributed by atoms with Crippen LogP contribution in [-0.4, -0.2) is 35.7 Å². The molecule has 0 N–H and O–H groups in total. The third-order valence-corrected chi connectivity index (χ3v) is 14.4. The van der Waals surface area contributed by atoms with Gasteiger partial charge in [-0.3, -0.25) is 9.59 Å². The summed E-state index contributed by atoms with van der Waals surface area (Å²) in [6.45, 7) is 0. The van der Waals surface area contributed by atoms with Gasteiger partial charge >= 0.3 is 0 Å². The summed E-state index contributed by atoms with van der Waals surface area (Å²) in [6.07, 6.45) is 15.9. The van der Waals surface area contributed by atoms with Gasteiger partial charge < -0.3 is 9.80 Å². The van der Waals surface area contributed by atoms with E-state index in [2.05, 4.69) is 0 Å². The Balaban J connectivity index is 1.18. The van der Waals surface area contributed by atoms with Crippen LogP contribution < -0.4 is 0 Å². The van der Waals surface area contributed by atoms with Crippen molar-refractivity contribution < 1.29 is 9.59 Å². The number of likely N-dealkylation sites (N-methyl/N-ethyl adjacent to an activating group) is 2. The third-order valence-electron chi connectivity index (χ3n) is 14.4. The van der Waals surface area contributed by atoms with Crippen molar-refractivity contribution in [1.82, 2.24) is 9.80 Å². The van der Waals surface area contributed by atoms with E-state index in [9.17, 15) is 9.59 Å². The number of fused-ring (bicyclic) bond motifs is 5. The van der Waals surface area contributed by atoms with Gasteiger partial charge in [0.15, 0.2) is 0 Å². The molecule has 178 valence electrons. The normalized spacial score (nSPS) is 58.9. The average molecular weight is 457 g/mol. The molecule has 10 atom stereocenters. The molecule has 8 fully saturated rings. The summed E-state index contributed by atoms with van der Waals surface area (Å²) < 4.78 is 0. The van der Waals surface area contributed by atoms with Crippen molar-refractivity contribution in [2.75, 3.05) is 14.1 Å². The van der Waals surface area contributed by atoms with Gasteiger partial charge in [-0.2, -0.15) is 0 Å². The first-order valence-electron chi connectivity index (χ1n) is 14.4. The van der Waals surface area contributed by atoms with Gasteiger partial charge in [-0.15, -0.1) is 0 Å². The molecule has 0 aromatic rings. The minimum Gasteiger partial charge on any atom is -0.314 e. The summed E-state index contributed by atoms with van der Waals surface area (Å²) >= 11 is 0. The fourth-order valence-corrected chi connectivity index (χ4v) is 14.0. The van der Waals surface area contributed by atoms with Crippen molar-refractivity contribution in [2.24, 2.45) is 57.2 Å². The highest BCUT2D eigenvalue weighted by Crippen LogP contribution is 2.82. The number of carbonyl (C=O) groups excluding carboxylic acids is 2. The Morgan fingerprint density at radius 3 is 1.47 bits per heavy atom. The molecule has 2 spiro atoms. The van der Waals surface area contributed by atoms with E-state index in [0.29, 0.717) is 10.8 Å². The van der Waals surface area contributed by atoms with Gasteiger partial charge in [-0.25, -0.2) is 0 Å². The molecule has 0 aromatic carbocycles. The Morgan fingerprint density at radius 1 is 0.588 bits per heavy atom. The van der Waals surface area contributed by atoms with Gasteiger partial charge in [0, 0.05) is 36.3 Å². The molecule has 6 bridgehead atoms. The topological polar surface area (TPSA) is 40.6 Å². The molecule has 2 aliphatic heterocycles. The zero-order valence-corrected chi connectivity index (χ0v) is 20.7. The summed E-state index contributed by atoms with van der Waals surface area (Å²) in [6, 6.07) is 0. The molecular formula is C30H36N2O2. The maximum atomic E-state index is 14.1. The molecule has 8 saturated carbocycles. The van der Waals surface area contributed by atoms with Crippen LogP contribution in [0.2, 0.25) is 0 Å². The first-order valence-corrected chi connectivity index (χ1v) is 14.4. The van der Waals surface area contributed by atoms with Crippen LogP contribution >= 0.6 is 0 Å². The lowest BCUT2D eigenvalue weighted by Crippen LogP contribution is -2.43. The van der Waals surface area contributed by atoms with Crippen molar-refractivity contribution in [3.63, 3.8) is 0 Å². The summed E-state index contributed by atoms with van der Waals surface area (Å²) in [4.78, 5) is 32.2. The fourth-order valence-electron chi connectivity index (χ4n) is 14.0. The van der Waals surface area contributed by atoms with Crippen LogP contribution in [0.5, 0.6) is 0 Å². The SMILES string of the molecule is CN1C(=O)C2=C(C34CC5CC6CC(C3)C6(C5)C4)N(C)C(=O)C2=C1C12CC3CC4CC(C1)C4(C3)C2. The van der Waals surface area contributed by atoms with E-state index in [4.69, 9.17) is 0 Å². The van der Waals surface area contributed by atoms with Crippen molar-refractivity contribution in [1.29, 1.82) is 0 Å². The largest absolute Gasteiger partial charge is 0.314 e. The average Bonchev–Trinajstić information content (AvgIpc) is 3.45. The highest BCUT2D eigenvalue weighted by Gasteiger charge is 2.75. The first-order chi connectivity index (χ1) is 16.3. The zero-order valence-electron chi connectivity index (χ0n) is 20.7. The van der Waals surface area contributed by atoms with Crippen LogP contribution in [-0.2, 0) is 9.59 Å². The van der Waals surface area contributed by atoms with E-state index in [1.165, 1.54) is 88.4 Å². The van der Waals surface area contributed by atoms with Gasteiger partial charge in [-0.05, 0) is 123 Å². The third kappa shape index (κ3) is 1.60. The van der Waals surface area contributed by atoms with Crippen LogP contribution in [0.15, 0.2) is 22.5 Å². The van der Waals surface area contributed by atoms with Gasteiger partial charge in [0.1, 0.15) is 0 Å². The second-order valence-electron chi connectivity index (χ2n) is 15.2. The number of allylic oxidation sites excluding steroid dienone is 2. The molecule has 10 rings (SSSR count). The minimum atomic E-state index is 0.0774. The van der Waals surface area contributed by atoms with Crippen molar-refractivity contribution in [3.05, 3.63) is 22.5 Å². The molecule has 34 heavy (non-hydrogen) atoms. The number of hydrogen-bond donors (Lipinski definition) is 0. The predicted octanol–water partition coefficient (Wildman–Crippen LogP) is 4.87. The molecule has 2 heterocycles. The Kier molecular flexibility index (Phi) is 2.73. The number of carbonyl (C=O) groups is 2. The minimum absolute atomic E-state index is 0.0774. The number of amides is 2. The lowest BCUT2D eigenvalue weighted by molar-refractivity contribution is -0.124. The lowest BCUT2D eigenvalue weighted by atomic mass is 9.55. The van der Waals surface area contributed by atoms with Crippen LogP contribution in [0.4, 0.5) is 0 Å². The van der Waals surface area contributed by atoms with E-state index < -0.39 is 0 Å². The van der Waals surface area contributed by atoms with Crippen molar-refractivity contribution >= 4 is 11.8 Å². The lowest BCUT2D eigenvalue weighted by Gasteiger charge is -2.49. The molecule has 4 heteroatoms. The highest BCUT2D eigenvalue weighted by atomic mass is 16.2. The molecule has 2 amide bonds. The molecule has 8 aliphatic carbocycles. The summed E-state index contributed by atoms with van der Waals surface area (Å²) in [5.74, 6) is 5.50. The summed E-state index contributed by atoms with van der Waals surface area (Å²) in [7, 11) is 4.02. The Morgan fingerprint density at radius 2 is 1.03 bits per heavy atom. The number of rotatable bonds is 2. The van der Waals surface area contributed by atoms with Gasteiger partial charge in [0.2, 0.25) is 0 Å². The zero-order chi connectivity index (χ0) is 22.6. The van der Waals surface area contributed by atoms with Crippen LogP contribution in [0, 0.1) is 57.2 Å². The maximum absolute atomic E-state index is 14.1. The number of nitrogens with zero attached hydrogens (tertiary/aromatic N) is 2. The van der Waals surface area contributed by atoms with Crippen molar-refractivity contribution in [3.8, 4) is 0 Å². The molecule has 0 aromatic heterocycles. The summed E-state index contributed by atoms with van der Waals surface area (Å²) in [5, 5.41) is 0. The van der Waals surface area contributed by atoms with Crippen LogP contribution in [0.1, 0.15) is 77.0 Å². The molecular weight excluding hydrogens is 420 g/mol. The number of hydrogen-bond acceptors (Lipinski definition) is 2. The van der Waals surface area contributed by atoms with E-state index >= 15 is 0 Å². The van der Waals surface area contributed by atoms with E-state index in [1.807, 2.05) is 23.9 Å². The molecule has 0 radical (unpaired) electrons. The standard InChI is InChI=1S/C30H36N2O2/c1-31-23(27-7-15-3-17-5-19(11-27)29(17,9-15)13-27)21-22(25(31)33)24(32(2)26(21)34)28-8-16-4-18-6-20(12-28)30(18,10-16)14-28/h15-20H,3-14H2,1-2H3. The Hall–Kier alpha value is -1.58. The fraction of sp³-hybridized carbons (Fsp3) is 0.800.